The summed E-state index contributed by atoms with van der Waals surface area (Å²) in [6, 6.07) is 20.5. The second-order valence-corrected chi connectivity index (χ2v) is 6.04. The molecule has 0 heterocycles. The zero-order valence-corrected chi connectivity index (χ0v) is 13.5. The highest BCUT2D eigenvalue weighted by Crippen LogP contribution is 2.21. The van der Waals surface area contributed by atoms with E-state index < -0.39 is 0 Å². The van der Waals surface area contributed by atoms with Crippen molar-refractivity contribution in [2.45, 2.75) is 45.6 Å². The van der Waals surface area contributed by atoms with Crippen LogP contribution in [0.1, 0.15) is 43.4 Å². The van der Waals surface area contributed by atoms with E-state index in [2.05, 4.69) is 80.7 Å². The van der Waals surface area contributed by atoms with E-state index in [-0.39, 0.29) is 0 Å². The summed E-state index contributed by atoms with van der Waals surface area (Å²) in [6.07, 6.45) is 2.20. The van der Waals surface area contributed by atoms with Crippen LogP contribution in [-0.2, 0) is 12.8 Å². The Morgan fingerprint density at radius 1 is 0.857 bits per heavy atom. The summed E-state index contributed by atoms with van der Waals surface area (Å²) in [7, 11) is 0. The zero-order chi connectivity index (χ0) is 15.1. The van der Waals surface area contributed by atoms with Crippen LogP contribution in [0.25, 0.3) is 0 Å². The van der Waals surface area contributed by atoms with Gasteiger partial charge < -0.3 is 5.32 Å². The first-order chi connectivity index (χ1) is 10.2. The summed E-state index contributed by atoms with van der Waals surface area (Å²) in [5, 5.41) is 3.59. The highest BCUT2D eigenvalue weighted by Gasteiger charge is 2.12. The van der Waals surface area contributed by atoms with Crippen LogP contribution in [-0.4, -0.2) is 12.6 Å². The van der Waals surface area contributed by atoms with E-state index in [9.17, 15) is 0 Å². The van der Waals surface area contributed by atoms with Crippen molar-refractivity contribution < 1.29 is 0 Å². The lowest BCUT2D eigenvalue weighted by atomic mass is 9.91. The monoisotopic (exact) mass is 281 g/mol. The van der Waals surface area contributed by atoms with Crippen LogP contribution in [0.2, 0.25) is 0 Å². The Hall–Kier alpha value is -1.60. The number of benzene rings is 2. The average molecular weight is 281 g/mol. The van der Waals surface area contributed by atoms with Crippen molar-refractivity contribution >= 4 is 0 Å². The summed E-state index contributed by atoms with van der Waals surface area (Å²) in [5.41, 5.74) is 4.26. The van der Waals surface area contributed by atoms with Gasteiger partial charge in [-0.1, -0.05) is 75.4 Å². The van der Waals surface area contributed by atoms with Gasteiger partial charge in [0.1, 0.15) is 0 Å². The zero-order valence-electron chi connectivity index (χ0n) is 13.5. The summed E-state index contributed by atoms with van der Waals surface area (Å²) in [4.78, 5) is 0. The highest BCUT2D eigenvalue weighted by molar-refractivity contribution is 5.27. The lowest BCUT2D eigenvalue weighted by Crippen LogP contribution is -2.28. The van der Waals surface area contributed by atoms with Gasteiger partial charge in [0.15, 0.2) is 0 Å². The standard InChI is InChI=1S/C20H27N/c1-4-17-10-12-18(13-11-17)14-20(15-21-16(2)3)19-8-6-5-7-9-19/h5-13,16,20-21H,4,14-15H2,1-3H3. The Morgan fingerprint density at radius 3 is 2.05 bits per heavy atom. The molecule has 0 saturated carbocycles. The van der Waals surface area contributed by atoms with Gasteiger partial charge in [-0.05, 0) is 29.5 Å². The normalized spacial score (nSPS) is 12.6. The molecule has 1 N–H and O–H groups in total. The van der Waals surface area contributed by atoms with Crippen molar-refractivity contribution in [2.24, 2.45) is 0 Å². The van der Waals surface area contributed by atoms with Gasteiger partial charge in [0.2, 0.25) is 0 Å². The Bertz CT molecular complexity index is 513. The molecule has 0 bridgehead atoms. The van der Waals surface area contributed by atoms with Crippen LogP contribution in [0.3, 0.4) is 0 Å². The first kappa shape index (κ1) is 15.8. The molecule has 2 rings (SSSR count). The second-order valence-electron chi connectivity index (χ2n) is 6.04. The van der Waals surface area contributed by atoms with Crippen molar-refractivity contribution in [1.82, 2.24) is 5.32 Å². The van der Waals surface area contributed by atoms with Crippen molar-refractivity contribution in [1.29, 1.82) is 0 Å². The topological polar surface area (TPSA) is 12.0 Å². The molecule has 0 amide bonds. The molecule has 1 heteroatoms. The number of hydrogen-bond acceptors (Lipinski definition) is 1. The fraction of sp³-hybridized carbons (Fsp3) is 0.400. The number of nitrogens with one attached hydrogen (secondary N) is 1. The molecule has 2 aromatic carbocycles. The van der Waals surface area contributed by atoms with Gasteiger partial charge in [-0.25, -0.2) is 0 Å². The molecule has 0 radical (unpaired) electrons. The summed E-state index contributed by atoms with van der Waals surface area (Å²) < 4.78 is 0. The molecule has 0 saturated heterocycles. The Labute approximate surface area is 129 Å². The van der Waals surface area contributed by atoms with Gasteiger partial charge >= 0.3 is 0 Å². The third-order valence-corrected chi connectivity index (χ3v) is 3.96. The minimum absolute atomic E-state index is 0.527. The summed E-state index contributed by atoms with van der Waals surface area (Å²) in [6.45, 7) is 7.64. The van der Waals surface area contributed by atoms with Crippen molar-refractivity contribution in [3.05, 3.63) is 71.3 Å². The van der Waals surface area contributed by atoms with Crippen LogP contribution in [0, 0.1) is 0 Å². The third-order valence-electron chi connectivity index (χ3n) is 3.96. The molecular formula is C20H27N. The third kappa shape index (κ3) is 5.02. The van der Waals surface area contributed by atoms with E-state index >= 15 is 0 Å². The smallest absolute Gasteiger partial charge is 0.00257 e. The molecule has 1 atom stereocenters. The molecule has 112 valence electrons. The molecule has 0 aliphatic carbocycles. The van der Waals surface area contributed by atoms with Gasteiger partial charge in [-0.15, -0.1) is 0 Å². The predicted octanol–water partition coefficient (Wildman–Crippen LogP) is 4.57. The average Bonchev–Trinajstić information content (AvgIpc) is 2.52. The van der Waals surface area contributed by atoms with Crippen LogP contribution in [0.5, 0.6) is 0 Å². The van der Waals surface area contributed by atoms with Crippen molar-refractivity contribution in [3.8, 4) is 0 Å². The van der Waals surface area contributed by atoms with Crippen molar-refractivity contribution in [2.75, 3.05) is 6.54 Å². The molecular weight excluding hydrogens is 254 g/mol. The van der Waals surface area contributed by atoms with Crippen LogP contribution >= 0.6 is 0 Å². The fourth-order valence-electron chi connectivity index (χ4n) is 2.61. The quantitative estimate of drug-likeness (QED) is 0.783. The fourth-order valence-corrected chi connectivity index (χ4v) is 2.61. The summed E-state index contributed by atoms with van der Waals surface area (Å²) in [5.74, 6) is 0.529. The van der Waals surface area contributed by atoms with E-state index in [1.54, 1.807) is 0 Å². The van der Waals surface area contributed by atoms with E-state index in [0.29, 0.717) is 12.0 Å². The SMILES string of the molecule is CCc1ccc(CC(CNC(C)C)c2ccccc2)cc1. The van der Waals surface area contributed by atoms with Gasteiger partial charge in [-0.3, -0.25) is 0 Å². The van der Waals surface area contributed by atoms with Crippen LogP contribution in [0.4, 0.5) is 0 Å². The van der Waals surface area contributed by atoms with E-state index in [4.69, 9.17) is 0 Å². The number of hydrogen-bond donors (Lipinski definition) is 1. The number of aryl methyl sites for hydroxylation is 1. The lowest BCUT2D eigenvalue weighted by molar-refractivity contribution is 0.527. The lowest BCUT2D eigenvalue weighted by Gasteiger charge is -2.20. The van der Waals surface area contributed by atoms with Gasteiger partial charge in [0.25, 0.3) is 0 Å². The first-order valence-electron chi connectivity index (χ1n) is 8.05. The largest absolute Gasteiger partial charge is 0.314 e. The summed E-state index contributed by atoms with van der Waals surface area (Å²) >= 11 is 0. The molecule has 0 aromatic heterocycles. The number of rotatable bonds is 7. The molecule has 0 spiro atoms. The Balaban J connectivity index is 2.10. The van der Waals surface area contributed by atoms with Gasteiger partial charge in [0.05, 0.1) is 0 Å². The maximum Gasteiger partial charge on any atom is 0.00257 e. The van der Waals surface area contributed by atoms with Crippen molar-refractivity contribution in [3.63, 3.8) is 0 Å². The maximum atomic E-state index is 3.59. The molecule has 0 aliphatic rings. The van der Waals surface area contributed by atoms with Gasteiger partial charge in [-0.2, -0.15) is 0 Å². The Kier molecular flexibility index (Phi) is 6.01. The molecule has 1 unspecified atom stereocenters. The minimum Gasteiger partial charge on any atom is -0.314 e. The van der Waals surface area contributed by atoms with Gasteiger partial charge in [0, 0.05) is 18.5 Å². The minimum atomic E-state index is 0.527. The maximum absolute atomic E-state index is 3.59. The van der Waals surface area contributed by atoms with Crippen LogP contribution < -0.4 is 5.32 Å². The highest BCUT2D eigenvalue weighted by atomic mass is 14.9. The predicted molar refractivity (Wildman–Crippen MR) is 91.8 cm³/mol. The molecule has 0 aliphatic heterocycles. The van der Waals surface area contributed by atoms with E-state index in [0.717, 1.165) is 19.4 Å². The Morgan fingerprint density at radius 2 is 1.48 bits per heavy atom. The first-order valence-corrected chi connectivity index (χ1v) is 8.05. The second kappa shape index (κ2) is 7.99. The van der Waals surface area contributed by atoms with E-state index in [1.165, 1.54) is 16.7 Å². The molecule has 2 aromatic rings. The van der Waals surface area contributed by atoms with E-state index in [1.807, 2.05) is 0 Å². The van der Waals surface area contributed by atoms with Crippen LogP contribution in [0.15, 0.2) is 54.6 Å². The molecule has 0 fully saturated rings. The molecule has 21 heavy (non-hydrogen) atoms. The molecule has 1 nitrogen and oxygen atoms in total.